The smallest absolute Gasteiger partial charge is 0.347 e. The molecule has 2 N–H and O–H groups in total. The Bertz CT molecular complexity index is 584. The second-order valence-electron chi connectivity index (χ2n) is 4.15. The van der Waals surface area contributed by atoms with Gasteiger partial charge in [0.2, 0.25) is 13.4 Å². The molecule has 0 radical (unpaired) electrons. The average molecular weight is 294 g/mol. The fourth-order valence-corrected chi connectivity index (χ4v) is 1.55. The fourth-order valence-electron chi connectivity index (χ4n) is 1.55. The molecule has 1 aromatic rings. The summed E-state index contributed by atoms with van der Waals surface area (Å²) in [6, 6.07) is 5.31. The molecular formula is C13H14N2O6. The molecule has 0 saturated heterocycles. The molecule has 0 aliphatic carbocycles. The van der Waals surface area contributed by atoms with E-state index >= 15 is 0 Å². The third-order valence-corrected chi connectivity index (χ3v) is 2.55. The summed E-state index contributed by atoms with van der Waals surface area (Å²) in [5, 5.41) is 3.79. The van der Waals surface area contributed by atoms with E-state index < -0.39 is 25.1 Å². The van der Waals surface area contributed by atoms with Crippen LogP contribution in [0.2, 0.25) is 0 Å². The normalized spacial score (nSPS) is 12.9. The Kier molecular flexibility index (Phi) is 4.60. The van der Waals surface area contributed by atoms with Crippen LogP contribution in [0.5, 0.6) is 11.5 Å². The van der Waals surface area contributed by atoms with E-state index in [4.69, 9.17) is 20.0 Å². The lowest BCUT2D eigenvalue weighted by atomic mass is 10.1. The third-order valence-electron chi connectivity index (χ3n) is 2.55. The first-order valence-corrected chi connectivity index (χ1v) is 6.07. The van der Waals surface area contributed by atoms with Crippen molar-refractivity contribution in [1.29, 1.82) is 0 Å². The lowest BCUT2D eigenvalue weighted by Crippen LogP contribution is -2.22. The summed E-state index contributed by atoms with van der Waals surface area (Å²) in [7, 11) is 0. The van der Waals surface area contributed by atoms with Crippen molar-refractivity contribution in [3.63, 3.8) is 0 Å². The predicted molar refractivity (Wildman–Crippen MR) is 70.9 cm³/mol. The van der Waals surface area contributed by atoms with Gasteiger partial charge in [-0.2, -0.15) is 0 Å². The summed E-state index contributed by atoms with van der Waals surface area (Å²) >= 11 is 0. The fraction of sp³-hybridized carbons (Fsp3) is 0.308. The molecular weight excluding hydrogens is 280 g/mol. The number of esters is 1. The molecule has 1 aromatic carbocycles. The highest BCUT2D eigenvalue weighted by atomic mass is 16.7. The molecule has 0 bridgehead atoms. The van der Waals surface area contributed by atoms with Crippen molar-refractivity contribution in [1.82, 2.24) is 0 Å². The Hall–Kier alpha value is -2.77. The predicted octanol–water partition coefficient (Wildman–Crippen LogP) is 0.184. The van der Waals surface area contributed by atoms with Gasteiger partial charge >= 0.3 is 5.97 Å². The second-order valence-corrected chi connectivity index (χ2v) is 4.15. The summed E-state index contributed by atoms with van der Waals surface area (Å²) in [6.07, 6.45) is 0. The van der Waals surface area contributed by atoms with Crippen LogP contribution in [0.25, 0.3) is 0 Å². The van der Waals surface area contributed by atoms with Crippen LogP contribution in [0, 0.1) is 0 Å². The average Bonchev–Trinajstić information content (AvgIpc) is 2.92. The van der Waals surface area contributed by atoms with Gasteiger partial charge in [-0.05, 0) is 25.1 Å². The Morgan fingerprint density at radius 1 is 1.29 bits per heavy atom. The van der Waals surface area contributed by atoms with Crippen LogP contribution < -0.4 is 15.2 Å². The van der Waals surface area contributed by atoms with Gasteiger partial charge in [-0.1, -0.05) is 5.16 Å². The molecule has 0 saturated carbocycles. The lowest BCUT2D eigenvalue weighted by Gasteiger charge is -2.04. The number of nitrogens with two attached hydrogens (primary N) is 1. The lowest BCUT2D eigenvalue weighted by molar-refractivity contribution is -0.152. The van der Waals surface area contributed by atoms with Gasteiger partial charge in [0.25, 0.3) is 5.91 Å². The minimum Gasteiger partial charge on any atom is -0.454 e. The Morgan fingerprint density at radius 3 is 2.81 bits per heavy atom. The number of hydrogen-bond donors (Lipinski definition) is 1. The molecule has 112 valence electrons. The van der Waals surface area contributed by atoms with E-state index in [0.29, 0.717) is 17.2 Å². The van der Waals surface area contributed by atoms with Crippen molar-refractivity contribution in [2.24, 2.45) is 10.9 Å². The Labute approximate surface area is 120 Å². The molecule has 0 atom stereocenters. The molecule has 0 aromatic heterocycles. The van der Waals surface area contributed by atoms with Crippen LogP contribution >= 0.6 is 0 Å². The van der Waals surface area contributed by atoms with Crippen LogP contribution in [-0.4, -0.2) is 37.6 Å². The number of nitrogens with zero attached hydrogens (tertiary/aromatic N) is 1. The number of ether oxygens (including phenoxy) is 3. The van der Waals surface area contributed by atoms with Crippen molar-refractivity contribution in [2.45, 2.75) is 6.92 Å². The maximum atomic E-state index is 11.2. The SMILES string of the molecule is C/C(=N\OCC(=O)OCC(N)=O)c1ccc2c(c1)OCO2. The van der Waals surface area contributed by atoms with Crippen LogP contribution in [0.3, 0.4) is 0 Å². The number of carbonyl (C=O) groups is 2. The summed E-state index contributed by atoms with van der Waals surface area (Å²) in [5.74, 6) is -0.162. The first kappa shape index (κ1) is 14.6. The summed E-state index contributed by atoms with van der Waals surface area (Å²) in [6.45, 7) is 1.02. The van der Waals surface area contributed by atoms with Gasteiger partial charge in [0, 0.05) is 5.56 Å². The van der Waals surface area contributed by atoms with Crippen molar-refractivity contribution < 1.29 is 28.6 Å². The number of amides is 1. The highest BCUT2D eigenvalue weighted by Gasteiger charge is 2.14. The highest BCUT2D eigenvalue weighted by Crippen LogP contribution is 2.32. The van der Waals surface area contributed by atoms with Gasteiger partial charge in [0.15, 0.2) is 18.1 Å². The number of benzene rings is 1. The molecule has 8 nitrogen and oxygen atoms in total. The maximum Gasteiger partial charge on any atom is 0.347 e. The monoisotopic (exact) mass is 294 g/mol. The molecule has 1 heterocycles. The van der Waals surface area contributed by atoms with E-state index in [-0.39, 0.29) is 6.79 Å². The largest absolute Gasteiger partial charge is 0.454 e. The topological polar surface area (TPSA) is 109 Å². The van der Waals surface area contributed by atoms with E-state index in [0.717, 1.165) is 5.56 Å². The molecule has 8 heteroatoms. The van der Waals surface area contributed by atoms with E-state index in [1.807, 2.05) is 0 Å². The quantitative estimate of drug-likeness (QED) is 0.455. The third kappa shape index (κ3) is 4.10. The zero-order valence-corrected chi connectivity index (χ0v) is 11.3. The number of oxime groups is 1. The van der Waals surface area contributed by atoms with Crippen LogP contribution in [0.4, 0.5) is 0 Å². The van der Waals surface area contributed by atoms with E-state index in [1.165, 1.54) is 0 Å². The van der Waals surface area contributed by atoms with E-state index in [1.54, 1.807) is 25.1 Å². The standard InChI is InChI=1S/C13H14N2O6/c1-8(15-21-6-13(17)18-5-12(14)16)9-2-3-10-11(4-9)20-7-19-10/h2-4H,5-7H2,1H3,(H2,14,16)/b15-8+. The van der Waals surface area contributed by atoms with Gasteiger partial charge in [0.1, 0.15) is 0 Å². The summed E-state index contributed by atoms with van der Waals surface area (Å²) in [4.78, 5) is 26.4. The number of fused-ring (bicyclic) bond motifs is 1. The molecule has 2 rings (SSSR count). The summed E-state index contributed by atoms with van der Waals surface area (Å²) < 4.78 is 15.0. The van der Waals surface area contributed by atoms with Gasteiger partial charge in [-0.15, -0.1) is 0 Å². The minimum atomic E-state index is -0.733. The highest BCUT2D eigenvalue weighted by molar-refractivity contribution is 5.99. The first-order chi connectivity index (χ1) is 10.1. The second kappa shape index (κ2) is 6.60. The first-order valence-electron chi connectivity index (χ1n) is 6.07. The number of carbonyl (C=O) groups excluding carboxylic acids is 2. The zero-order valence-electron chi connectivity index (χ0n) is 11.3. The van der Waals surface area contributed by atoms with Crippen molar-refractivity contribution in [3.05, 3.63) is 23.8 Å². The molecule has 0 spiro atoms. The Morgan fingerprint density at radius 2 is 2.05 bits per heavy atom. The number of rotatable bonds is 6. The van der Waals surface area contributed by atoms with Gasteiger partial charge in [-0.3, -0.25) is 4.79 Å². The molecule has 1 aliphatic rings. The van der Waals surface area contributed by atoms with Crippen LogP contribution in [0.15, 0.2) is 23.4 Å². The van der Waals surface area contributed by atoms with Crippen molar-refractivity contribution in [3.8, 4) is 11.5 Å². The van der Waals surface area contributed by atoms with Crippen molar-refractivity contribution >= 4 is 17.6 Å². The van der Waals surface area contributed by atoms with Gasteiger partial charge in [0.05, 0.1) is 5.71 Å². The molecule has 0 unspecified atom stereocenters. The molecule has 1 amide bonds. The summed E-state index contributed by atoms with van der Waals surface area (Å²) in [5.41, 5.74) is 6.15. The van der Waals surface area contributed by atoms with Crippen LogP contribution in [-0.2, 0) is 19.2 Å². The maximum absolute atomic E-state index is 11.2. The zero-order chi connectivity index (χ0) is 15.2. The minimum absolute atomic E-state index is 0.192. The van der Waals surface area contributed by atoms with E-state index in [9.17, 15) is 9.59 Å². The number of hydrogen-bond acceptors (Lipinski definition) is 7. The van der Waals surface area contributed by atoms with Crippen molar-refractivity contribution in [2.75, 3.05) is 20.0 Å². The van der Waals surface area contributed by atoms with Gasteiger partial charge < -0.3 is 24.8 Å². The van der Waals surface area contributed by atoms with Gasteiger partial charge in [-0.25, -0.2) is 4.79 Å². The van der Waals surface area contributed by atoms with E-state index in [2.05, 4.69) is 9.89 Å². The number of primary amides is 1. The molecule has 21 heavy (non-hydrogen) atoms. The molecule has 1 aliphatic heterocycles. The Balaban J connectivity index is 1.86. The van der Waals surface area contributed by atoms with Crippen LogP contribution in [0.1, 0.15) is 12.5 Å². The molecule has 0 fully saturated rings.